The predicted octanol–water partition coefficient (Wildman–Crippen LogP) is 1.36. The fourth-order valence-corrected chi connectivity index (χ4v) is 2.96. The number of hydrogen-bond acceptors (Lipinski definition) is 12. The molecule has 0 aromatic carbocycles. The van der Waals surface area contributed by atoms with Crippen molar-refractivity contribution >= 4 is 41.9 Å². The first-order valence-corrected chi connectivity index (χ1v) is 12.4. The summed E-state index contributed by atoms with van der Waals surface area (Å²) in [6, 6.07) is 0. The molecule has 37 heavy (non-hydrogen) atoms. The van der Waals surface area contributed by atoms with Gasteiger partial charge in [0.1, 0.15) is 32.5 Å². The Kier molecular flexibility index (Phi) is 19.0. The summed E-state index contributed by atoms with van der Waals surface area (Å²) in [6.45, 7) is 9.91. The summed E-state index contributed by atoms with van der Waals surface area (Å²) in [4.78, 5) is 58.3. The molecule has 2 amide bonds. The summed E-state index contributed by atoms with van der Waals surface area (Å²) in [7, 11) is 1.50. The van der Waals surface area contributed by atoms with Gasteiger partial charge in [-0.25, -0.2) is 19.2 Å². The molecule has 0 saturated carbocycles. The van der Waals surface area contributed by atoms with E-state index in [1.54, 1.807) is 0 Å². The Morgan fingerprint density at radius 2 is 1.35 bits per heavy atom. The van der Waals surface area contributed by atoms with Crippen LogP contribution in [0.2, 0.25) is 0 Å². The molecule has 0 aromatic heterocycles. The first-order valence-electron chi connectivity index (χ1n) is 11.3. The van der Waals surface area contributed by atoms with Crippen LogP contribution in [0.3, 0.4) is 0 Å². The van der Waals surface area contributed by atoms with Crippen molar-refractivity contribution in [2.45, 2.75) is 26.4 Å². The van der Waals surface area contributed by atoms with E-state index in [1.165, 1.54) is 32.7 Å². The summed E-state index contributed by atoms with van der Waals surface area (Å²) < 4.78 is 29.8. The Hall–Kier alpha value is -3.26. The van der Waals surface area contributed by atoms with Gasteiger partial charge < -0.3 is 39.1 Å². The molecule has 0 saturated heterocycles. The molecule has 0 radical (unpaired) electrons. The molecule has 14 heteroatoms. The molecule has 0 bridgehead atoms. The zero-order valence-electron chi connectivity index (χ0n) is 21.5. The Bertz CT molecular complexity index is 789. The van der Waals surface area contributed by atoms with E-state index >= 15 is 0 Å². The van der Waals surface area contributed by atoms with Crippen LogP contribution in [0.25, 0.3) is 0 Å². The number of carbonyl (C=O) groups excluding carboxylic acids is 5. The van der Waals surface area contributed by atoms with Crippen LogP contribution in [0.1, 0.15) is 20.3 Å². The van der Waals surface area contributed by atoms with Gasteiger partial charge in [0.15, 0.2) is 0 Å². The second kappa shape index (κ2) is 20.9. The maximum absolute atomic E-state index is 12.1. The molecular weight excluding hydrogens is 512 g/mol. The fourth-order valence-electron chi connectivity index (χ4n) is 2.05. The molecule has 0 aliphatic carbocycles. The van der Waals surface area contributed by atoms with Crippen LogP contribution in [0, 0.1) is 0 Å². The van der Waals surface area contributed by atoms with Gasteiger partial charge in [0.2, 0.25) is 0 Å². The maximum atomic E-state index is 12.1. The van der Waals surface area contributed by atoms with Crippen LogP contribution in [-0.2, 0) is 42.8 Å². The van der Waals surface area contributed by atoms with E-state index in [4.69, 9.17) is 28.4 Å². The topological polar surface area (TPSA) is 165 Å². The molecule has 0 aliphatic rings. The molecule has 1 atom stereocenters. The van der Waals surface area contributed by atoms with E-state index in [9.17, 15) is 24.0 Å². The number of ether oxygens (including phenoxy) is 6. The van der Waals surface area contributed by atoms with E-state index in [0.717, 1.165) is 0 Å². The molecule has 0 aromatic rings. The van der Waals surface area contributed by atoms with Crippen LogP contribution in [-0.4, -0.2) is 101 Å². The average Bonchev–Trinajstić information content (AvgIpc) is 2.85. The molecule has 0 rings (SSSR count). The van der Waals surface area contributed by atoms with Crippen LogP contribution in [0.5, 0.6) is 0 Å². The second-order valence-corrected chi connectivity index (χ2v) is 8.50. The lowest BCUT2D eigenvalue weighted by Crippen LogP contribution is -2.37. The lowest BCUT2D eigenvalue weighted by Gasteiger charge is -2.18. The third kappa shape index (κ3) is 19.6. The third-order valence-corrected chi connectivity index (χ3v) is 4.99. The lowest BCUT2D eigenvalue weighted by atomic mass is 10.4. The number of alkyl carbamates (subject to hydrolysis) is 2. The van der Waals surface area contributed by atoms with Gasteiger partial charge in [0.25, 0.3) is 0 Å². The van der Waals surface area contributed by atoms with Crippen molar-refractivity contribution in [3.63, 3.8) is 0 Å². The summed E-state index contributed by atoms with van der Waals surface area (Å²) in [6.07, 6.45) is -2.34. The summed E-state index contributed by atoms with van der Waals surface area (Å²) in [5, 5.41) is 4.81. The van der Waals surface area contributed by atoms with E-state index in [1.807, 2.05) is 0 Å². The first kappa shape index (κ1) is 33.7. The van der Waals surface area contributed by atoms with Gasteiger partial charge in [-0.2, -0.15) is 11.8 Å². The van der Waals surface area contributed by atoms with Crippen LogP contribution >= 0.6 is 11.8 Å². The van der Waals surface area contributed by atoms with Crippen molar-refractivity contribution in [2.75, 3.05) is 64.7 Å². The van der Waals surface area contributed by atoms with Gasteiger partial charge >= 0.3 is 30.1 Å². The third-order valence-electron chi connectivity index (χ3n) is 3.88. The van der Waals surface area contributed by atoms with Gasteiger partial charge in [-0.3, -0.25) is 4.79 Å². The maximum Gasteiger partial charge on any atom is 0.407 e. The molecular formula is C23H36N2O11S. The van der Waals surface area contributed by atoms with E-state index in [2.05, 4.69) is 23.8 Å². The van der Waals surface area contributed by atoms with Crippen molar-refractivity contribution in [2.24, 2.45) is 0 Å². The van der Waals surface area contributed by atoms with Crippen LogP contribution in [0.15, 0.2) is 24.3 Å². The van der Waals surface area contributed by atoms with Crippen molar-refractivity contribution in [3.05, 3.63) is 24.3 Å². The van der Waals surface area contributed by atoms with Gasteiger partial charge in [0, 0.05) is 29.8 Å². The second-order valence-electron chi connectivity index (χ2n) is 7.35. The van der Waals surface area contributed by atoms with Crippen molar-refractivity contribution in [1.82, 2.24) is 10.6 Å². The van der Waals surface area contributed by atoms with Crippen molar-refractivity contribution in [1.29, 1.82) is 0 Å². The summed E-state index contributed by atoms with van der Waals surface area (Å²) >= 11 is 1.29. The molecule has 0 fully saturated rings. The quantitative estimate of drug-likeness (QED) is 0.103. The Balaban J connectivity index is 4.53. The highest BCUT2D eigenvalue weighted by atomic mass is 32.2. The van der Waals surface area contributed by atoms with Crippen molar-refractivity contribution < 1.29 is 52.4 Å². The molecule has 2 N–H and O–H groups in total. The largest absolute Gasteiger partial charge is 0.463 e. The van der Waals surface area contributed by atoms with E-state index in [-0.39, 0.29) is 62.8 Å². The van der Waals surface area contributed by atoms with Gasteiger partial charge in [-0.05, 0) is 13.8 Å². The number of esters is 3. The molecule has 0 aliphatic heterocycles. The monoisotopic (exact) mass is 548 g/mol. The summed E-state index contributed by atoms with van der Waals surface area (Å²) in [5.41, 5.74) is 0.460. The minimum atomic E-state index is -0.848. The lowest BCUT2D eigenvalue weighted by molar-refractivity contribution is -0.144. The number of methoxy groups -OCH3 is 1. The SMILES string of the molecule is C=C(C)C(=O)OCCNC(=O)OCC(CSCCC(=O)OCCOC)OC(=O)NCCOC(=O)C(=C)C. The van der Waals surface area contributed by atoms with Gasteiger partial charge in [0.05, 0.1) is 26.1 Å². The zero-order valence-corrected chi connectivity index (χ0v) is 22.3. The first-order chi connectivity index (χ1) is 17.6. The summed E-state index contributed by atoms with van der Waals surface area (Å²) in [5.74, 6) is -0.966. The van der Waals surface area contributed by atoms with Gasteiger partial charge in [-0.15, -0.1) is 0 Å². The average molecular weight is 549 g/mol. The van der Waals surface area contributed by atoms with Crippen molar-refractivity contribution in [3.8, 4) is 0 Å². The Labute approximate surface area is 220 Å². The number of rotatable bonds is 19. The van der Waals surface area contributed by atoms with Gasteiger partial charge in [-0.1, -0.05) is 13.2 Å². The molecule has 210 valence electrons. The van der Waals surface area contributed by atoms with E-state index in [0.29, 0.717) is 12.4 Å². The van der Waals surface area contributed by atoms with E-state index < -0.39 is 36.2 Å². The molecule has 0 spiro atoms. The Morgan fingerprint density at radius 1 is 0.784 bits per heavy atom. The predicted molar refractivity (Wildman–Crippen MR) is 134 cm³/mol. The van der Waals surface area contributed by atoms with Crippen LogP contribution in [0.4, 0.5) is 9.59 Å². The normalized spacial score (nSPS) is 10.9. The number of amides is 2. The molecule has 0 heterocycles. The Morgan fingerprint density at radius 3 is 1.89 bits per heavy atom. The highest BCUT2D eigenvalue weighted by Crippen LogP contribution is 2.09. The fraction of sp³-hybridized carbons (Fsp3) is 0.609. The minimum absolute atomic E-state index is 0.00469. The number of nitrogens with one attached hydrogen (secondary N) is 2. The number of hydrogen-bond donors (Lipinski definition) is 2. The molecule has 13 nitrogen and oxygen atoms in total. The van der Waals surface area contributed by atoms with Crippen LogP contribution < -0.4 is 10.6 Å². The standard InChI is InChI=1S/C23H36N2O11S/c1-16(2)20(27)33-9-7-24-22(29)35-14-18(15-37-13-6-19(26)32-12-11-31-5)36-23(30)25-8-10-34-21(28)17(3)4/h18H,1,3,6-15H2,2,4-5H3,(H,24,29)(H,25,30). The highest BCUT2D eigenvalue weighted by molar-refractivity contribution is 7.99. The molecule has 1 unspecified atom stereocenters. The number of thioether (sulfide) groups is 1. The highest BCUT2D eigenvalue weighted by Gasteiger charge is 2.18. The number of carbonyl (C=O) groups is 5. The minimum Gasteiger partial charge on any atom is -0.463 e. The zero-order chi connectivity index (χ0) is 28.1. The smallest absolute Gasteiger partial charge is 0.407 e.